The van der Waals surface area contributed by atoms with E-state index < -0.39 is 10.0 Å². The van der Waals surface area contributed by atoms with Gasteiger partial charge in [0.05, 0.1) is 5.75 Å². The van der Waals surface area contributed by atoms with Crippen molar-refractivity contribution in [2.24, 2.45) is 0 Å². The molecule has 0 aliphatic heterocycles. The summed E-state index contributed by atoms with van der Waals surface area (Å²) in [6.45, 7) is 2.65. The predicted molar refractivity (Wildman–Crippen MR) is 75.6 cm³/mol. The molecule has 1 aromatic carbocycles. The van der Waals surface area contributed by atoms with Crippen LogP contribution < -0.4 is 10.5 Å². The molecule has 0 bridgehead atoms. The van der Waals surface area contributed by atoms with Crippen molar-refractivity contribution in [1.29, 1.82) is 0 Å². The lowest BCUT2D eigenvalue weighted by atomic mass is 10.2. The SMILES string of the molecule is CCCCCCNS(=O)(=O)Cc1cccc(N)c1. The standard InChI is InChI=1S/C13H22N2O2S/c1-2-3-4-5-9-15-18(16,17)11-12-7-6-8-13(14)10-12/h6-8,10,15H,2-5,9,11,14H2,1H3. The van der Waals surface area contributed by atoms with Crippen LogP contribution >= 0.6 is 0 Å². The Hall–Kier alpha value is -1.07. The molecule has 0 heterocycles. The third-order valence-corrected chi connectivity index (χ3v) is 4.02. The van der Waals surface area contributed by atoms with Crippen LogP contribution in [0.15, 0.2) is 24.3 Å². The molecule has 0 unspecified atom stereocenters. The summed E-state index contributed by atoms with van der Waals surface area (Å²) in [5.41, 5.74) is 6.92. The maximum Gasteiger partial charge on any atom is 0.215 e. The zero-order chi connectivity index (χ0) is 13.4. The van der Waals surface area contributed by atoms with Gasteiger partial charge in [0.15, 0.2) is 0 Å². The monoisotopic (exact) mass is 270 g/mol. The summed E-state index contributed by atoms with van der Waals surface area (Å²) < 4.78 is 26.2. The number of unbranched alkanes of at least 4 members (excludes halogenated alkanes) is 3. The van der Waals surface area contributed by atoms with Crippen LogP contribution in [0, 0.1) is 0 Å². The average Bonchev–Trinajstić information content (AvgIpc) is 2.28. The molecule has 0 fully saturated rings. The van der Waals surface area contributed by atoms with Gasteiger partial charge in [0, 0.05) is 12.2 Å². The molecule has 4 nitrogen and oxygen atoms in total. The second kappa shape index (κ2) is 7.38. The van der Waals surface area contributed by atoms with E-state index in [-0.39, 0.29) is 5.75 Å². The lowest BCUT2D eigenvalue weighted by Crippen LogP contribution is -2.26. The van der Waals surface area contributed by atoms with E-state index >= 15 is 0 Å². The van der Waals surface area contributed by atoms with Gasteiger partial charge in [-0.3, -0.25) is 0 Å². The summed E-state index contributed by atoms with van der Waals surface area (Å²) in [6.07, 6.45) is 4.26. The van der Waals surface area contributed by atoms with Crippen LogP contribution in [0.3, 0.4) is 0 Å². The predicted octanol–water partition coefficient (Wildman–Crippen LogP) is 2.27. The largest absolute Gasteiger partial charge is 0.399 e. The van der Waals surface area contributed by atoms with Gasteiger partial charge in [-0.05, 0) is 24.1 Å². The van der Waals surface area contributed by atoms with E-state index in [1.165, 1.54) is 0 Å². The molecule has 18 heavy (non-hydrogen) atoms. The number of anilines is 1. The molecule has 102 valence electrons. The molecule has 0 radical (unpaired) electrons. The average molecular weight is 270 g/mol. The van der Waals surface area contributed by atoms with E-state index in [0.717, 1.165) is 31.2 Å². The molecule has 3 N–H and O–H groups in total. The first-order valence-electron chi connectivity index (χ1n) is 6.35. The number of nitrogens with one attached hydrogen (secondary N) is 1. The first-order chi connectivity index (χ1) is 8.53. The van der Waals surface area contributed by atoms with Crippen molar-refractivity contribution in [3.8, 4) is 0 Å². The zero-order valence-corrected chi connectivity index (χ0v) is 11.7. The molecule has 0 amide bonds. The highest BCUT2D eigenvalue weighted by molar-refractivity contribution is 7.88. The number of nitrogen functional groups attached to an aromatic ring is 1. The van der Waals surface area contributed by atoms with Gasteiger partial charge in [-0.1, -0.05) is 38.3 Å². The van der Waals surface area contributed by atoms with Gasteiger partial charge in [-0.2, -0.15) is 0 Å². The van der Waals surface area contributed by atoms with Gasteiger partial charge in [0.2, 0.25) is 10.0 Å². The van der Waals surface area contributed by atoms with Gasteiger partial charge < -0.3 is 5.73 Å². The molecule has 1 aromatic rings. The maximum atomic E-state index is 11.8. The van der Waals surface area contributed by atoms with E-state index in [9.17, 15) is 8.42 Å². The van der Waals surface area contributed by atoms with Crippen molar-refractivity contribution in [2.75, 3.05) is 12.3 Å². The van der Waals surface area contributed by atoms with Crippen molar-refractivity contribution in [1.82, 2.24) is 4.72 Å². The summed E-state index contributed by atoms with van der Waals surface area (Å²) in [7, 11) is -3.24. The highest BCUT2D eigenvalue weighted by atomic mass is 32.2. The van der Waals surface area contributed by atoms with Crippen LogP contribution in [0.5, 0.6) is 0 Å². The molecular formula is C13H22N2O2S. The van der Waals surface area contributed by atoms with E-state index in [0.29, 0.717) is 12.2 Å². The van der Waals surface area contributed by atoms with Crippen molar-refractivity contribution < 1.29 is 8.42 Å². The summed E-state index contributed by atoms with van der Waals surface area (Å²) in [6, 6.07) is 6.97. The quantitative estimate of drug-likeness (QED) is 0.562. The Morgan fingerprint density at radius 2 is 2.00 bits per heavy atom. The van der Waals surface area contributed by atoms with Crippen molar-refractivity contribution in [3.05, 3.63) is 29.8 Å². The van der Waals surface area contributed by atoms with Gasteiger partial charge in [-0.25, -0.2) is 13.1 Å². The summed E-state index contributed by atoms with van der Waals surface area (Å²) in [4.78, 5) is 0. The molecule has 0 saturated carbocycles. The molecular weight excluding hydrogens is 248 g/mol. The van der Waals surface area contributed by atoms with Crippen molar-refractivity contribution >= 4 is 15.7 Å². The fraction of sp³-hybridized carbons (Fsp3) is 0.538. The minimum absolute atomic E-state index is 0.00812. The Labute approximate surface area is 110 Å². The summed E-state index contributed by atoms with van der Waals surface area (Å²) in [5.74, 6) is -0.00812. The van der Waals surface area contributed by atoms with Crippen molar-refractivity contribution in [2.45, 2.75) is 38.4 Å². The normalized spacial score (nSPS) is 11.6. The number of benzene rings is 1. The Balaban J connectivity index is 2.40. The third-order valence-electron chi connectivity index (χ3n) is 2.66. The third kappa shape index (κ3) is 6.02. The van der Waals surface area contributed by atoms with E-state index in [1.54, 1.807) is 24.3 Å². The number of sulfonamides is 1. The molecule has 0 saturated heterocycles. The van der Waals surface area contributed by atoms with Crippen LogP contribution in [0.1, 0.15) is 38.2 Å². The maximum absolute atomic E-state index is 11.8. The number of nitrogens with two attached hydrogens (primary N) is 1. The fourth-order valence-corrected chi connectivity index (χ4v) is 2.91. The highest BCUT2D eigenvalue weighted by Crippen LogP contribution is 2.09. The van der Waals surface area contributed by atoms with Crippen LogP contribution in [0.4, 0.5) is 5.69 Å². The molecule has 0 atom stereocenters. The first-order valence-corrected chi connectivity index (χ1v) is 8.00. The van der Waals surface area contributed by atoms with Crippen LogP contribution in [-0.4, -0.2) is 15.0 Å². The molecule has 0 aliphatic carbocycles. The van der Waals surface area contributed by atoms with E-state index in [2.05, 4.69) is 11.6 Å². The molecule has 0 spiro atoms. The lowest BCUT2D eigenvalue weighted by molar-refractivity contribution is 0.573. The lowest BCUT2D eigenvalue weighted by Gasteiger charge is -2.07. The Morgan fingerprint density at radius 3 is 2.67 bits per heavy atom. The van der Waals surface area contributed by atoms with E-state index in [4.69, 9.17) is 5.73 Å². The molecule has 0 aromatic heterocycles. The minimum atomic E-state index is -3.24. The number of hydrogen-bond acceptors (Lipinski definition) is 3. The molecule has 1 rings (SSSR count). The Kier molecular flexibility index (Phi) is 6.15. The smallest absolute Gasteiger partial charge is 0.215 e. The Morgan fingerprint density at radius 1 is 1.22 bits per heavy atom. The summed E-state index contributed by atoms with van der Waals surface area (Å²) >= 11 is 0. The number of rotatable bonds is 8. The van der Waals surface area contributed by atoms with Crippen molar-refractivity contribution in [3.63, 3.8) is 0 Å². The van der Waals surface area contributed by atoms with Gasteiger partial charge in [0.1, 0.15) is 0 Å². The zero-order valence-electron chi connectivity index (χ0n) is 10.9. The first kappa shape index (κ1) is 15.0. The second-order valence-electron chi connectivity index (χ2n) is 4.46. The van der Waals surface area contributed by atoms with Crippen LogP contribution in [0.2, 0.25) is 0 Å². The second-order valence-corrected chi connectivity index (χ2v) is 6.27. The minimum Gasteiger partial charge on any atom is -0.399 e. The molecule has 0 aliphatic rings. The van der Waals surface area contributed by atoms with Crippen LogP contribution in [-0.2, 0) is 15.8 Å². The van der Waals surface area contributed by atoms with Gasteiger partial charge in [0.25, 0.3) is 0 Å². The van der Waals surface area contributed by atoms with Gasteiger partial charge in [-0.15, -0.1) is 0 Å². The Bertz CT molecular complexity index is 458. The fourth-order valence-electron chi connectivity index (χ4n) is 1.73. The summed E-state index contributed by atoms with van der Waals surface area (Å²) in [5, 5.41) is 0. The van der Waals surface area contributed by atoms with Gasteiger partial charge >= 0.3 is 0 Å². The van der Waals surface area contributed by atoms with Crippen LogP contribution in [0.25, 0.3) is 0 Å². The highest BCUT2D eigenvalue weighted by Gasteiger charge is 2.10. The topological polar surface area (TPSA) is 72.2 Å². The number of hydrogen-bond donors (Lipinski definition) is 2. The van der Waals surface area contributed by atoms with E-state index in [1.807, 2.05) is 0 Å². The molecule has 5 heteroatoms.